The number of benzene rings is 1. The van der Waals surface area contributed by atoms with E-state index in [0.717, 1.165) is 27.5 Å². The van der Waals surface area contributed by atoms with E-state index in [4.69, 9.17) is 5.73 Å². The molecule has 1 heterocycles. The number of anilines is 1. The van der Waals surface area contributed by atoms with Crippen LogP contribution in [0.1, 0.15) is 19.8 Å². The molecule has 2 amide bonds. The molecule has 120 valence electrons. The van der Waals surface area contributed by atoms with E-state index in [1.165, 1.54) is 0 Å². The van der Waals surface area contributed by atoms with Crippen LogP contribution in [-0.2, 0) is 9.59 Å². The molecule has 0 aliphatic carbocycles. The zero-order valence-electron chi connectivity index (χ0n) is 12.3. The standard InChI is InChI=1S/C15H19Br2N3O2/c1-9(20-6-4-10(5-7-20)14(18)21)15(22)19-13-3-2-11(16)8-12(13)17/h2-3,8-10H,4-7H2,1H3,(H2,18,21)(H,19,22)/t9-/m1/s1. The highest BCUT2D eigenvalue weighted by molar-refractivity contribution is 9.11. The Labute approximate surface area is 146 Å². The zero-order chi connectivity index (χ0) is 16.3. The summed E-state index contributed by atoms with van der Waals surface area (Å²) in [7, 11) is 0. The number of nitrogens with one attached hydrogen (secondary N) is 1. The summed E-state index contributed by atoms with van der Waals surface area (Å²) in [5.74, 6) is -0.358. The Hall–Kier alpha value is -0.920. The fraction of sp³-hybridized carbons (Fsp3) is 0.467. The highest BCUT2D eigenvalue weighted by atomic mass is 79.9. The maximum absolute atomic E-state index is 12.4. The maximum Gasteiger partial charge on any atom is 0.241 e. The Morgan fingerprint density at radius 2 is 1.95 bits per heavy atom. The molecule has 0 radical (unpaired) electrons. The minimum atomic E-state index is -0.246. The normalized spacial score (nSPS) is 18.0. The second-order valence-electron chi connectivity index (χ2n) is 5.50. The van der Waals surface area contributed by atoms with Gasteiger partial charge < -0.3 is 11.1 Å². The molecule has 3 N–H and O–H groups in total. The Balaban J connectivity index is 1.94. The molecule has 0 aromatic heterocycles. The van der Waals surface area contributed by atoms with Crippen molar-refractivity contribution in [3.8, 4) is 0 Å². The van der Waals surface area contributed by atoms with Crippen LogP contribution >= 0.6 is 31.9 Å². The lowest BCUT2D eigenvalue weighted by Crippen LogP contribution is -2.47. The summed E-state index contributed by atoms with van der Waals surface area (Å²) in [4.78, 5) is 25.7. The lowest BCUT2D eigenvalue weighted by Gasteiger charge is -2.34. The number of likely N-dealkylation sites (tertiary alicyclic amines) is 1. The van der Waals surface area contributed by atoms with Crippen LogP contribution in [-0.4, -0.2) is 35.8 Å². The Bertz CT molecular complexity index is 572. The smallest absolute Gasteiger partial charge is 0.241 e. The molecular formula is C15H19Br2N3O2. The molecule has 1 fully saturated rings. The van der Waals surface area contributed by atoms with Crippen LogP contribution in [0.25, 0.3) is 0 Å². The van der Waals surface area contributed by atoms with Gasteiger partial charge in [-0.2, -0.15) is 0 Å². The number of carbonyl (C=O) groups excluding carboxylic acids is 2. The molecule has 0 bridgehead atoms. The van der Waals surface area contributed by atoms with E-state index in [0.29, 0.717) is 13.1 Å². The van der Waals surface area contributed by atoms with Gasteiger partial charge in [-0.25, -0.2) is 0 Å². The monoisotopic (exact) mass is 431 g/mol. The fourth-order valence-electron chi connectivity index (χ4n) is 2.57. The largest absolute Gasteiger partial charge is 0.369 e. The maximum atomic E-state index is 12.4. The lowest BCUT2D eigenvalue weighted by molar-refractivity contribution is -0.124. The number of nitrogens with two attached hydrogens (primary N) is 1. The first-order valence-corrected chi connectivity index (χ1v) is 8.76. The quantitative estimate of drug-likeness (QED) is 0.767. The summed E-state index contributed by atoms with van der Waals surface area (Å²) in [6.45, 7) is 3.31. The summed E-state index contributed by atoms with van der Waals surface area (Å²) in [6.07, 6.45) is 1.43. The SMILES string of the molecule is C[C@H](C(=O)Nc1ccc(Br)cc1Br)N1CCC(C(N)=O)CC1. The summed E-state index contributed by atoms with van der Waals surface area (Å²) in [5.41, 5.74) is 6.08. The third-order valence-electron chi connectivity index (χ3n) is 4.05. The van der Waals surface area contributed by atoms with E-state index in [1.807, 2.05) is 25.1 Å². The molecule has 5 nitrogen and oxygen atoms in total. The van der Waals surface area contributed by atoms with Gasteiger partial charge in [-0.3, -0.25) is 14.5 Å². The van der Waals surface area contributed by atoms with Gasteiger partial charge in [-0.05, 0) is 67.0 Å². The van der Waals surface area contributed by atoms with Crippen molar-refractivity contribution in [2.75, 3.05) is 18.4 Å². The van der Waals surface area contributed by atoms with Crippen molar-refractivity contribution >= 4 is 49.4 Å². The first kappa shape index (κ1) is 17.4. The van der Waals surface area contributed by atoms with Crippen LogP contribution < -0.4 is 11.1 Å². The van der Waals surface area contributed by atoms with Crippen LogP contribution in [0.3, 0.4) is 0 Å². The molecule has 1 saturated heterocycles. The number of piperidine rings is 1. The molecule has 0 spiro atoms. The van der Waals surface area contributed by atoms with Crippen LogP contribution in [0, 0.1) is 5.92 Å². The predicted molar refractivity (Wildman–Crippen MR) is 93.4 cm³/mol. The summed E-state index contributed by atoms with van der Waals surface area (Å²) >= 11 is 6.82. The molecule has 0 unspecified atom stereocenters. The molecule has 1 aliphatic rings. The second kappa shape index (κ2) is 7.57. The van der Waals surface area contributed by atoms with Crippen LogP contribution in [0.2, 0.25) is 0 Å². The van der Waals surface area contributed by atoms with Crippen molar-refractivity contribution in [3.63, 3.8) is 0 Å². The Morgan fingerprint density at radius 1 is 1.32 bits per heavy atom. The minimum Gasteiger partial charge on any atom is -0.369 e. The first-order valence-electron chi connectivity index (χ1n) is 7.17. The van der Waals surface area contributed by atoms with Crippen molar-refractivity contribution in [2.45, 2.75) is 25.8 Å². The number of amides is 2. The van der Waals surface area contributed by atoms with E-state index in [-0.39, 0.29) is 23.8 Å². The van der Waals surface area contributed by atoms with Gasteiger partial charge >= 0.3 is 0 Å². The number of rotatable bonds is 4. The van der Waals surface area contributed by atoms with E-state index < -0.39 is 0 Å². The van der Waals surface area contributed by atoms with Crippen molar-refractivity contribution < 1.29 is 9.59 Å². The third kappa shape index (κ3) is 4.30. The van der Waals surface area contributed by atoms with Crippen molar-refractivity contribution in [3.05, 3.63) is 27.1 Å². The van der Waals surface area contributed by atoms with Gasteiger partial charge in [0.15, 0.2) is 0 Å². The molecule has 22 heavy (non-hydrogen) atoms. The van der Waals surface area contributed by atoms with Gasteiger partial charge in [0.2, 0.25) is 11.8 Å². The zero-order valence-corrected chi connectivity index (χ0v) is 15.5. The third-order valence-corrected chi connectivity index (χ3v) is 5.20. The molecule has 1 aromatic carbocycles. The highest BCUT2D eigenvalue weighted by Crippen LogP contribution is 2.27. The lowest BCUT2D eigenvalue weighted by atomic mass is 9.95. The average Bonchev–Trinajstić information content (AvgIpc) is 2.49. The molecule has 2 rings (SSSR count). The van der Waals surface area contributed by atoms with Crippen LogP contribution in [0.4, 0.5) is 5.69 Å². The van der Waals surface area contributed by atoms with Gasteiger partial charge in [-0.15, -0.1) is 0 Å². The van der Waals surface area contributed by atoms with Crippen molar-refractivity contribution in [2.24, 2.45) is 11.7 Å². The fourth-order valence-corrected chi connectivity index (χ4v) is 3.71. The van der Waals surface area contributed by atoms with Crippen LogP contribution in [0.5, 0.6) is 0 Å². The number of primary amides is 1. The molecule has 7 heteroatoms. The first-order chi connectivity index (χ1) is 10.4. The molecule has 0 saturated carbocycles. The van der Waals surface area contributed by atoms with Gasteiger partial charge in [0, 0.05) is 14.9 Å². The van der Waals surface area contributed by atoms with E-state index in [2.05, 4.69) is 42.1 Å². The summed E-state index contributed by atoms with van der Waals surface area (Å²) < 4.78 is 1.77. The van der Waals surface area contributed by atoms with E-state index >= 15 is 0 Å². The van der Waals surface area contributed by atoms with Crippen LogP contribution in [0.15, 0.2) is 27.1 Å². The van der Waals surface area contributed by atoms with E-state index in [9.17, 15) is 9.59 Å². The Kier molecular flexibility index (Phi) is 6.00. The predicted octanol–water partition coefficient (Wildman–Crippen LogP) is 2.74. The molecule has 1 aromatic rings. The number of halogens is 2. The Morgan fingerprint density at radius 3 is 2.50 bits per heavy atom. The minimum absolute atomic E-state index is 0.0550. The van der Waals surface area contributed by atoms with E-state index in [1.54, 1.807) is 0 Å². The molecular weight excluding hydrogens is 414 g/mol. The summed E-state index contributed by atoms with van der Waals surface area (Å²) in [5, 5.41) is 2.93. The topological polar surface area (TPSA) is 75.4 Å². The average molecular weight is 433 g/mol. The highest BCUT2D eigenvalue weighted by Gasteiger charge is 2.28. The van der Waals surface area contributed by atoms with Crippen molar-refractivity contribution in [1.82, 2.24) is 4.90 Å². The van der Waals surface area contributed by atoms with Gasteiger partial charge in [-0.1, -0.05) is 15.9 Å². The second-order valence-corrected chi connectivity index (χ2v) is 7.27. The van der Waals surface area contributed by atoms with Crippen molar-refractivity contribution in [1.29, 1.82) is 0 Å². The molecule has 1 aliphatic heterocycles. The molecule has 1 atom stereocenters. The number of carbonyl (C=O) groups is 2. The van der Waals surface area contributed by atoms with Gasteiger partial charge in [0.1, 0.15) is 0 Å². The number of hydrogen-bond donors (Lipinski definition) is 2. The number of hydrogen-bond acceptors (Lipinski definition) is 3. The van der Waals surface area contributed by atoms with Gasteiger partial charge in [0.25, 0.3) is 0 Å². The van der Waals surface area contributed by atoms with Gasteiger partial charge in [0.05, 0.1) is 11.7 Å². The summed E-state index contributed by atoms with van der Waals surface area (Å²) in [6, 6.07) is 5.37. The number of nitrogens with zero attached hydrogens (tertiary/aromatic N) is 1.